The van der Waals surface area contributed by atoms with Crippen molar-refractivity contribution in [2.45, 2.75) is 70.3 Å². The quantitative estimate of drug-likeness (QED) is 0.704. The number of aryl methyl sites for hydroxylation is 1. The second kappa shape index (κ2) is 3.61. The van der Waals surface area contributed by atoms with Crippen LogP contribution in [0.4, 0.5) is 0 Å². The molecule has 0 aromatic carbocycles. The van der Waals surface area contributed by atoms with E-state index in [-0.39, 0.29) is 0 Å². The van der Waals surface area contributed by atoms with Crippen LogP contribution in [0.1, 0.15) is 69.7 Å². The van der Waals surface area contributed by atoms with Crippen LogP contribution in [-0.4, -0.2) is 9.78 Å². The molecule has 88 valence electrons. The van der Waals surface area contributed by atoms with Gasteiger partial charge in [0.05, 0.1) is 12.2 Å². The van der Waals surface area contributed by atoms with E-state index in [1.54, 1.807) is 5.69 Å². The summed E-state index contributed by atoms with van der Waals surface area (Å²) in [5.74, 6) is 0. The van der Waals surface area contributed by atoms with Crippen LogP contribution in [0.25, 0.3) is 0 Å². The fourth-order valence-electron chi connectivity index (χ4n) is 3.49. The van der Waals surface area contributed by atoms with Crippen molar-refractivity contribution >= 4 is 0 Å². The van der Waals surface area contributed by atoms with Crippen molar-refractivity contribution in [2.24, 2.45) is 0 Å². The Hall–Kier alpha value is -0.790. The van der Waals surface area contributed by atoms with Crippen LogP contribution >= 0.6 is 0 Å². The second-order valence-electron chi connectivity index (χ2n) is 6.14. The number of aromatic nitrogens is 2. The average molecular weight is 218 g/mol. The van der Waals surface area contributed by atoms with Crippen LogP contribution in [0.3, 0.4) is 0 Å². The van der Waals surface area contributed by atoms with Gasteiger partial charge in [0, 0.05) is 11.1 Å². The Morgan fingerprint density at radius 3 is 2.75 bits per heavy atom. The summed E-state index contributed by atoms with van der Waals surface area (Å²) in [4.78, 5) is 0. The summed E-state index contributed by atoms with van der Waals surface area (Å²) < 4.78 is 2.38. The lowest BCUT2D eigenvalue weighted by Gasteiger charge is -2.28. The zero-order valence-corrected chi connectivity index (χ0v) is 10.5. The molecule has 1 fully saturated rings. The predicted molar refractivity (Wildman–Crippen MR) is 65.7 cm³/mol. The van der Waals surface area contributed by atoms with Crippen LogP contribution < -0.4 is 0 Å². The fourth-order valence-corrected chi connectivity index (χ4v) is 3.49. The summed E-state index contributed by atoms with van der Waals surface area (Å²) in [7, 11) is 0. The van der Waals surface area contributed by atoms with Gasteiger partial charge in [0.25, 0.3) is 0 Å². The summed E-state index contributed by atoms with van der Waals surface area (Å²) >= 11 is 0. The molecule has 3 rings (SSSR count). The van der Waals surface area contributed by atoms with Gasteiger partial charge in [-0.25, -0.2) is 0 Å². The first kappa shape index (κ1) is 10.4. The Bertz CT molecular complexity index is 383. The molecule has 1 heterocycles. The zero-order chi connectivity index (χ0) is 11.2. The van der Waals surface area contributed by atoms with Gasteiger partial charge in [-0.15, -0.1) is 0 Å². The second-order valence-corrected chi connectivity index (χ2v) is 6.14. The molecule has 1 saturated carbocycles. The summed E-state index contributed by atoms with van der Waals surface area (Å²) in [6.45, 7) is 4.75. The molecule has 2 aliphatic carbocycles. The Labute approximate surface area is 98.0 Å². The van der Waals surface area contributed by atoms with E-state index in [1.165, 1.54) is 50.5 Å². The molecule has 16 heavy (non-hydrogen) atoms. The fraction of sp³-hybridized carbons (Fsp3) is 0.786. The van der Waals surface area contributed by atoms with Crippen LogP contribution in [0.15, 0.2) is 6.20 Å². The lowest BCUT2D eigenvalue weighted by atomic mass is 9.89. The SMILES string of the molecule is CC1(C)CCc2cnn(C3CCCCC3)c21. The van der Waals surface area contributed by atoms with Gasteiger partial charge in [-0.3, -0.25) is 4.68 Å². The minimum Gasteiger partial charge on any atom is -0.266 e. The van der Waals surface area contributed by atoms with Gasteiger partial charge in [0.1, 0.15) is 0 Å². The Morgan fingerprint density at radius 2 is 2.00 bits per heavy atom. The van der Waals surface area contributed by atoms with Crippen molar-refractivity contribution in [1.82, 2.24) is 9.78 Å². The predicted octanol–water partition coefficient (Wildman–Crippen LogP) is 3.61. The van der Waals surface area contributed by atoms with Gasteiger partial charge in [-0.1, -0.05) is 33.1 Å². The first-order valence-corrected chi connectivity index (χ1v) is 6.75. The van der Waals surface area contributed by atoms with Crippen molar-refractivity contribution < 1.29 is 0 Å². The van der Waals surface area contributed by atoms with Gasteiger partial charge in [0.2, 0.25) is 0 Å². The van der Waals surface area contributed by atoms with Crippen LogP contribution in [0.2, 0.25) is 0 Å². The van der Waals surface area contributed by atoms with Crippen LogP contribution in [0, 0.1) is 0 Å². The van der Waals surface area contributed by atoms with Crippen molar-refractivity contribution in [1.29, 1.82) is 0 Å². The molecular formula is C14H22N2. The van der Waals surface area contributed by atoms with Crippen molar-refractivity contribution in [3.05, 3.63) is 17.5 Å². The van der Waals surface area contributed by atoms with Gasteiger partial charge in [-0.05, 0) is 31.2 Å². The average Bonchev–Trinajstić information content (AvgIpc) is 2.82. The Kier molecular flexibility index (Phi) is 2.34. The molecule has 0 N–H and O–H groups in total. The van der Waals surface area contributed by atoms with Crippen molar-refractivity contribution in [3.8, 4) is 0 Å². The summed E-state index contributed by atoms with van der Waals surface area (Å²) in [6.07, 6.45) is 11.5. The molecule has 2 heteroatoms. The number of hydrogen-bond donors (Lipinski definition) is 0. The lowest BCUT2D eigenvalue weighted by molar-refractivity contribution is 0.306. The topological polar surface area (TPSA) is 17.8 Å². The molecule has 0 unspecified atom stereocenters. The highest BCUT2D eigenvalue weighted by molar-refractivity contribution is 5.31. The van der Waals surface area contributed by atoms with Gasteiger partial charge >= 0.3 is 0 Å². The maximum absolute atomic E-state index is 4.67. The Morgan fingerprint density at radius 1 is 1.25 bits per heavy atom. The zero-order valence-electron chi connectivity index (χ0n) is 10.5. The highest BCUT2D eigenvalue weighted by Gasteiger charge is 2.35. The first-order chi connectivity index (χ1) is 7.68. The van der Waals surface area contributed by atoms with E-state index in [0.717, 1.165) is 0 Å². The number of nitrogens with zero attached hydrogens (tertiary/aromatic N) is 2. The van der Waals surface area contributed by atoms with E-state index in [2.05, 4.69) is 29.8 Å². The van der Waals surface area contributed by atoms with E-state index in [0.29, 0.717) is 11.5 Å². The van der Waals surface area contributed by atoms with Crippen LogP contribution in [0.5, 0.6) is 0 Å². The standard InChI is InChI=1S/C14H22N2/c1-14(2)9-8-11-10-15-16(13(11)14)12-6-4-3-5-7-12/h10,12H,3-9H2,1-2H3. The highest BCUT2D eigenvalue weighted by Crippen LogP contribution is 2.41. The third kappa shape index (κ3) is 1.50. The van der Waals surface area contributed by atoms with Gasteiger partial charge in [0.15, 0.2) is 0 Å². The molecular weight excluding hydrogens is 196 g/mol. The van der Waals surface area contributed by atoms with E-state index in [9.17, 15) is 0 Å². The van der Waals surface area contributed by atoms with Crippen molar-refractivity contribution in [3.63, 3.8) is 0 Å². The lowest BCUT2D eigenvalue weighted by Crippen LogP contribution is -2.23. The monoisotopic (exact) mass is 218 g/mol. The van der Waals surface area contributed by atoms with E-state index >= 15 is 0 Å². The third-order valence-corrected chi connectivity index (χ3v) is 4.45. The highest BCUT2D eigenvalue weighted by atomic mass is 15.3. The summed E-state index contributed by atoms with van der Waals surface area (Å²) in [5, 5.41) is 4.67. The molecule has 2 nitrogen and oxygen atoms in total. The minimum atomic E-state index is 0.350. The molecule has 1 aromatic heterocycles. The van der Waals surface area contributed by atoms with E-state index < -0.39 is 0 Å². The molecule has 0 atom stereocenters. The molecule has 1 aromatic rings. The van der Waals surface area contributed by atoms with E-state index in [1.807, 2.05) is 0 Å². The largest absolute Gasteiger partial charge is 0.266 e. The minimum absolute atomic E-state index is 0.350. The van der Waals surface area contributed by atoms with Crippen molar-refractivity contribution in [2.75, 3.05) is 0 Å². The number of fused-ring (bicyclic) bond motifs is 1. The summed E-state index contributed by atoms with van der Waals surface area (Å²) in [6, 6.07) is 0.690. The molecule has 2 aliphatic rings. The molecule has 0 spiro atoms. The molecule has 0 saturated heterocycles. The normalized spacial score (nSPS) is 24.6. The molecule has 0 amide bonds. The van der Waals surface area contributed by atoms with Gasteiger partial charge in [-0.2, -0.15) is 5.10 Å². The number of hydrogen-bond acceptors (Lipinski definition) is 1. The molecule has 0 radical (unpaired) electrons. The third-order valence-electron chi connectivity index (χ3n) is 4.45. The first-order valence-electron chi connectivity index (χ1n) is 6.75. The number of rotatable bonds is 1. The Balaban J connectivity index is 1.96. The smallest absolute Gasteiger partial charge is 0.0525 e. The molecule has 0 aliphatic heterocycles. The molecule has 0 bridgehead atoms. The summed E-state index contributed by atoms with van der Waals surface area (Å²) in [5.41, 5.74) is 3.40. The van der Waals surface area contributed by atoms with Crippen LogP contribution in [-0.2, 0) is 11.8 Å². The van der Waals surface area contributed by atoms with Gasteiger partial charge < -0.3 is 0 Å². The maximum Gasteiger partial charge on any atom is 0.0525 e. The van der Waals surface area contributed by atoms with E-state index in [4.69, 9.17) is 0 Å². The maximum atomic E-state index is 4.67.